The minimum absolute atomic E-state index is 0.0782. The van der Waals surface area contributed by atoms with Crippen LogP contribution in [0.1, 0.15) is 182 Å². The molecule has 4 radical (unpaired) electrons. The Morgan fingerprint density at radius 2 is 0.552 bits per heavy atom. The Balaban J connectivity index is -0.000000205. The summed E-state index contributed by atoms with van der Waals surface area (Å²) in [5.41, 5.74) is 0. The third-order valence-corrected chi connectivity index (χ3v) is 35.0. The van der Waals surface area contributed by atoms with Gasteiger partial charge in [0.15, 0.2) is 0 Å². The molecule has 0 amide bonds. The molecule has 0 aromatic heterocycles. The van der Waals surface area contributed by atoms with E-state index >= 15 is 0 Å². The van der Waals surface area contributed by atoms with Gasteiger partial charge < -0.3 is 18.9 Å². The van der Waals surface area contributed by atoms with E-state index in [4.69, 9.17) is 18.9 Å². The van der Waals surface area contributed by atoms with Crippen LogP contribution in [0.25, 0.3) is 0 Å². The Kier molecular flexibility index (Phi) is 80.0. The molecular formula is C42H86O8S6Sn2. The average molecular weight is 1150 g/mol. The van der Waals surface area contributed by atoms with Crippen molar-refractivity contribution < 1.29 is 38.1 Å². The maximum atomic E-state index is 11.0. The molecule has 0 heterocycles. The zero-order valence-electron chi connectivity index (χ0n) is 37.5. The van der Waals surface area contributed by atoms with Gasteiger partial charge in [-0.25, -0.2) is 0 Å². The number of unbranched alkanes of at least 4 members (excludes halogenated alkanes) is 16. The van der Waals surface area contributed by atoms with Crippen molar-refractivity contribution in [1.29, 1.82) is 0 Å². The summed E-state index contributed by atoms with van der Waals surface area (Å²) >= 11 is 16.0. The normalized spacial score (nSPS) is 9.90. The summed E-state index contributed by atoms with van der Waals surface area (Å²) in [6, 6.07) is 0. The molecular weight excluding hydrogens is 1060 g/mol. The van der Waals surface area contributed by atoms with Gasteiger partial charge in [-0.1, -0.05) is 130 Å². The van der Waals surface area contributed by atoms with Crippen LogP contribution in [0.3, 0.4) is 0 Å². The van der Waals surface area contributed by atoms with Crippen molar-refractivity contribution in [2.75, 3.05) is 49.4 Å². The zero-order chi connectivity index (χ0) is 44.6. The Morgan fingerprint density at radius 1 is 0.362 bits per heavy atom. The van der Waals surface area contributed by atoms with Crippen molar-refractivity contribution in [2.24, 2.45) is 0 Å². The van der Waals surface area contributed by atoms with Crippen LogP contribution in [0.5, 0.6) is 0 Å². The first-order chi connectivity index (χ1) is 28.1. The zero-order valence-corrected chi connectivity index (χ0v) is 48.4. The molecule has 0 aromatic rings. The van der Waals surface area contributed by atoms with Crippen molar-refractivity contribution in [1.82, 2.24) is 0 Å². The predicted molar refractivity (Wildman–Crippen MR) is 271 cm³/mol. The first-order valence-electron chi connectivity index (χ1n) is 21.9. The van der Waals surface area contributed by atoms with E-state index < -0.39 is 0 Å². The molecule has 58 heavy (non-hydrogen) atoms. The van der Waals surface area contributed by atoms with Gasteiger partial charge in [0.2, 0.25) is 0 Å². The quantitative estimate of drug-likeness (QED) is 0.0122. The molecule has 0 N–H and O–H groups in total. The first-order valence-corrected chi connectivity index (χ1v) is 39.2. The van der Waals surface area contributed by atoms with Gasteiger partial charge in [0.25, 0.3) is 0 Å². The van der Waals surface area contributed by atoms with Crippen molar-refractivity contribution in [3.63, 3.8) is 0 Å². The molecule has 0 rings (SSSR count). The van der Waals surface area contributed by atoms with E-state index in [1.165, 1.54) is 77.0 Å². The summed E-state index contributed by atoms with van der Waals surface area (Å²) in [4.78, 5) is 48.7. The number of rotatable bonds is 35. The van der Waals surface area contributed by atoms with E-state index in [1.807, 2.05) is 0 Å². The Bertz CT molecular complexity index is 700. The molecule has 0 aliphatic heterocycles. The molecule has 0 aromatic carbocycles. The van der Waals surface area contributed by atoms with Crippen LogP contribution in [-0.4, -0.2) is 113 Å². The van der Waals surface area contributed by atoms with Gasteiger partial charge in [-0.05, 0) is 25.7 Å². The molecule has 8 nitrogen and oxygen atoms in total. The van der Waals surface area contributed by atoms with E-state index in [2.05, 4.69) is 104 Å². The molecule has 0 bridgehead atoms. The molecule has 0 unspecified atom stereocenters. The second-order valence-electron chi connectivity index (χ2n) is 13.0. The number of hydrogen-bond acceptors (Lipinski definition) is 14. The van der Waals surface area contributed by atoms with Crippen molar-refractivity contribution >= 4 is 130 Å². The van der Waals surface area contributed by atoms with Gasteiger partial charge in [-0.15, -0.1) is 0 Å². The topological polar surface area (TPSA) is 105 Å². The molecule has 0 aliphatic carbocycles. The van der Waals surface area contributed by atoms with E-state index in [9.17, 15) is 19.2 Å². The molecule has 0 spiro atoms. The molecule has 0 saturated heterocycles. The molecule has 0 saturated carbocycles. The van der Waals surface area contributed by atoms with Crippen LogP contribution < -0.4 is 0 Å². The van der Waals surface area contributed by atoms with E-state index in [-0.39, 0.29) is 63.4 Å². The van der Waals surface area contributed by atoms with E-state index in [0.717, 1.165) is 51.4 Å². The molecule has 0 aliphatic rings. The summed E-state index contributed by atoms with van der Waals surface area (Å²) in [6.07, 6.45) is 25.7. The van der Waals surface area contributed by atoms with Gasteiger partial charge in [0, 0.05) is 48.7 Å². The number of hydrogen-bond donors (Lipinski definition) is 4. The van der Waals surface area contributed by atoms with Crippen molar-refractivity contribution in [3.05, 3.63) is 0 Å². The van der Waals surface area contributed by atoms with Gasteiger partial charge in [0.1, 0.15) is 26.4 Å². The monoisotopic (exact) mass is 1150 g/mol. The molecule has 16 heteroatoms. The molecule has 346 valence electrons. The number of ether oxygens (including phenoxy) is 4. The molecule has 0 atom stereocenters. The fraction of sp³-hybridized carbons (Fsp3) is 0.905. The Labute approximate surface area is 405 Å². The standard InChI is InChI=1S/4C10H20O2S.2CH3.S2.2Sn/c4*1-2-3-4-5-6-7-10(11)12-8-9-13;;;1-2;;/h4*13H,2-9H2,1H3;2*1H3;;;/q;;;;;;-2;2*+1. The Morgan fingerprint density at radius 3 is 0.707 bits per heavy atom. The summed E-state index contributed by atoms with van der Waals surface area (Å²) in [6.45, 7) is 10.5. The van der Waals surface area contributed by atoms with Gasteiger partial charge in [-0.2, -0.15) is 50.5 Å². The summed E-state index contributed by atoms with van der Waals surface area (Å²) in [7, 11) is 4.34. The number of carbonyl (C=O) groups excluding carboxylic acids is 4. The third kappa shape index (κ3) is 78.1. The van der Waals surface area contributed by atoms with Crippen LogP contribution in [0, 0.1) is 0 Å². The summed E-state index contributed by atoms with van der Waals surface area (Å²) < 4.78 is 19.5. The predicted octanol–water partition coefficient (Wildman–Crippen LogP) is 13.0. The first kappa shape index (κ1) is 68.6. The van der Waals surface area contributed by atoms with Crippen LogP contribution in [0.4, 0.5) is 0 Å². The van der Waals surface area contributed by atoms with Crippen LogP contribution >= 0.6 is 66.5 Å². The van der Waals surface area contributed by atoms with Crippen molar-refractivity contribution in [2.45, 2.75) is 192 Å². The minimum atomic E-state index is -0.0782. The third-order valence-electron chi connectivity index (χ3n) is 7.56. The van der Waals surface area contributed by atoms with Gasteiger partial charge in [0.05, 0.1) is 0 Å². The number of thiol groups is 4. The average Bonchev–Trinajstić information content (AvgIpc) is 3.23. The van der Waals surface area contributed by atoms with Crippen LogP contribution in [0.2, 0.25) is 9.88 Å². The fourth-order valence-corrected chi connectivity index (χ4v) is 38.5. The Hall–Kier alpha value is 1.58. The van der Waals surface area contributed by atoms with Crippen LogP contribution in [-0.2, 0) is 38.1 Å². The van der Waals surface area contributed by atoms with E-state index in [1.54, 1.807) is 0 Å². The second kappa shape index (κ2) is 67.7. The number of esters is 4. The maximum absolute atomic E-state index is 11.0. The van der Waals surface area contributed by atoms with Gasteiger partial charge >= 0.3 is 89.2 Å². The SMILES string of the molecule is CCCCCCCC(=O)OCCS.CCCCCCCC(=O)OCCS.CCCCCCCC(=O)OCCS.CCCCCCCC(=O)OCCS.[CH3][Sn][S][S][Sn][CH3]. The summed E-state index contributed by atoms with van der Waals surface area (Å²) in [5, 5.41) is 0. The van der Waals surface area contributed by atoms with Crippen LogP contribution in [0.15, 0.2) is 0 Å². The van der Waals surface area contributed by atoms with Crippen molar-refractivity contribution in [3.8, 4) is 0 Å². The van der Waals surface area contributed by atoms with E-state index in [0.29, 0.717) is 75.1 Å². The number of carbonyl (C=O) groups is 4. The molecule has 0 fully saturated rings. The second-order valence-corrected chi connectivity index (χ2v) is 32.5. The van der Waals surface area contributed by atoms with Gasteiger partial charge in [-0.3, -0.25) is 19.2 Å². The fourth-order valence-electron chi connectivity index (χ4n) is 4.50. The summed E-state index contributed by atoms with van der Waals surface area (Å²) in [5.74, 6) is 2.14.